The monoisotopic (exact) mass is 463 g/mol. The van der Waals surface area contributed by atoms with Gasteiger partial charge in [0.05, 0.1) is 22.1 Å². The van der Waals surface area contributed by atoms with Gasteiger partial charge in [0, 0.05) is 17.3 Å². The molecule has 166 valence electrons. The molecule has 6 aromatic rings. The summed E-state index contributed by atoms with van der Waals surface area (Å²) in [4.78, 5) is 18.2. The second-order valence-corrected chi connectivity index (χ2v) is 9.22. The predicted octanol–water partition coefficient (Wildman–Crippen LogP) is 5.49. The van der Waals surface area contributed by atoms with Crippen LogP contribution in [0.5, 0.6) is 0 Å². The van der Waals surface area contributed by atoms with Gasteiger partial charge < -0.3 is 0 Å². The summed E-state index contributed by atoms with van der Waals surface area (Å²) in [5.41, 5.74) is 5.80. The molecule has 0 fully saturated rings. The fourth-order valence-corrected chi connectivity index (χ4v) is 5.32. The zero-order chi connectivity index (χ0) is 23.2. The standard InChI is InChI=1S/C27H21N5OS/c1-17-8-5-14-22(18(17)2)31-25(33)21-12-3-4-13-23(21)32-26(31)29-30-27(32)34-16-20-10-6-9-19-11-7-15-28-24(19)20/h3-15H,16H2,1-2H3. The van der Waals surface area contributed by atoms with Gasteiger partial charge in [-0.2, -0.15) is 0 Å². The molecule has 0 atom stereocenters. The highest BCUT2D eigenvalue weighted by molar-refractivity contribution is 7.98. The maximum absolute atomic E-state index is 13.6. The van der Waals surface area contributed by atoms with Gasteiger partial charge in [-0.05, 0) is 54.8 Å². The first-order valence-corrected chi connectivity index (χ1v) is 12.0. The van der Waals surface area contributed by atoms with Crippen LogP contribution in [0.2, 0.25) is 0 Å². The molecular formula is C27H21N5OS. The van der Waals surface area contributed by atoms with Crippen LogP contribution in [-0.2, 0) is 5.75 Å². The lowest BCUT2D eigenvalue weighted by atomic mass is 10.1. The highest BCUT2D eigenvalue weighted by Crippen LogP contribution is 2.28. The van der Waals surface area contributed by atoms with Crippen LogP contribution in [0.3, 0.4) is 0 Å². The van der Waals surface area contributed by atoms with Gasteiger partial charge >= 0.3 is 0 Å². The molecular weight excluding hydrogens is 442 g/mol. The van der Waals surface area contributed by atoms with Crippen molar-refractivity contribution in [3.8, 4) is 5.69 Å². The van der Waals surface area contributed by atoms with Crippen molar-refractivity contribution in [1.29, 1.82) is 0 Å². The van der Waals surface area contributed by atoms with Crippen LogP contribution in [-0.4, -0.2) is 24.1 Å². The SMILES string of the molecule is Cc1cccc(-n2c(=O)c3ccccc3n3c(SCc4cccc5cccnc45)nnc23)c1C. The number of rotatable bonds is 4. The molecule has 0 radical (unpaired) electrons. The number of nitrogens with zero attached hydrogens (tertiary/aromatic N) is 5. The molecule has 0 spiro atoms. The van der Waals surface area contributed by atoms with Crippen molar-refractivity contribution < 1.29 is 0 Å². The van der Waals surface area contributed by atoms with Gasteiger partial charge in [0.15, 0.2) is 5.16 Å². The topological polar surface area (TPSA) is 65.1 Å². The van der Waals surface area contributed by atoms with E-state index in [4.69, 9.17) is 0 Å². The molecule has 34 heavy (non-hydrogen) atoms. The van der Waals surface area contributed by atoms with Crippen LogP contribution >= 0.6 is 11.8 Å². The van der Waals surface area contributed by atoms with Gasteiger partial charge in [0.1, 0.15) is 0 Å². The highest BCUT2D eigenvalue weighted by Gasteiger charge is 2.19. The van der Waals surface area contributed by atoms with Crippen molar-refractivity contribution in [2.75, 3.05) is 0 Å². The maximum Gasteiger partial charge on any atom is 0.267 e. The van der Waals surface area contributed by atoms with Crippen molar-refractivity contribution in [2.45, 2.75) is 24.8 Å². The lowest BCUT2D eigenvalue weighted by Gasteiger charge is -2.14. The van der Waals surface area contributed by atoms with Crippen molar-refractivity contribution >= 4 is 39.3 Å². The molecule has 6 nitrogen and oxygen atoms in total. The van der Waals surface area contributed by atoms with Crippen LogP contribution in [0.15, 0.2) is 88.9 Å². The minimum absolute atomic E-state index is 0.0981. The van der Waals surface area contributed by atoms with Crippen LogP contribution in [0, 0.1) is 13.8 Å². The Hall–Kier alpha value is -3.97. The largest absolute Gasteiger partial charge is 0.268 e. The Morgan fingerprint density at radius 1 is 0.882 bits per heavy atom. The number of fused-ring (bicyclic) bond motifs is 4. The Morgan fingerprint density at radius 3 is 2.62 bits per heavy atom. The van der Waals surface area contributed by atoms with Gasteiger partial charge in [-0.3, -0.25) is 14.2 Å². The number of hydrogen-bond acceptors (Lipinski definition) is 5. The molecule has 0 unspecified atom stereocenters. The fourth-order valence-electron chi connectivity index (χ4n) is 4.39. The lowest BCUT2D eigenvalue weighted by molar-refractivity contribution is 0.927. The summed E-state index contributed by atoms with van der Waals surface area (Å²) in [6, 6.07) is 23.8. The average molecular weight is 464 g/mol. The third-order valence-corrected chi connectivity index (χ3v) is 7.26. The van der Waals surface area contributed by atoms with Gasteiger partial charge in [-0.1, -0.05) is 60.3 Å². The van der Waals surface area contributed by atoms with Gasteiger partial charge in [-0.25, -0.2) is 4.57 Å². The molecule has 7 heteroatoms. The first-order chi connectivity index (χ1) is 16.6. The lowest BCUT2D eigenvalue weighted by Crippen LogP contribution is -2.22. The van der Waals surface area contributed by atoms with Crippen molar-refractivity contribution in [2.24, 2.45) is 0 Å². The number of thioether (sulfide) groups is 1. The first-order valence-electron chi connectivity index (χ1n) is 11.0. The van der Waals surface area contributed by atoms with E-state index in [0.717, 1.165) is 44.0 Å². The minimum Gasteiger partial charge on any atom is -0.268 e. The zero-order valence-corrected chi connectivity index (χ0v) is 19.6. The number of aryl methyl sites for hydroxylation is 1. The Morgan fingerprint density at radius 2 is 1.71 bits per heavy atom. The smallest absolute Gasteiger partial charge is 0.267 e. The van der Waals surface area contributed by atoms with E-state index in [9.17, 15) is 4.79 Å². The van der Waals surface area contributed by atoms with Crippen molar-refractivity contribution in [3.05, 3.63) is 106 Å². The van der Waals surface area contributed by atoms with E-state index < -0.39 is 0 Å². The fraction of sp³-hybridized carbons (Fsp3) is 0.111. The molecule has 3 aromatic carbocycles. The molecule has 6 rings (SSSR count). The number of hydrogen-bond donors (Lipinski definition) is 0. The van der Waals surface area contributed by atoms with Crippen LogP contribution in [0.4, 0.5) is 0 Å². The normalized spacial score (nSPS) is 11.6. The summed E-state index contributed by atoms with van der Waals surface area (Å²) in [7, 11) is 0. The maximum atomic E-state index is 13.6. The molecule has 0 aliphatic rings. The van der Waals surface area contributed by atoms with Gasteiger partial charge in [0.25, 0.3) is 5.56 Å². The van der Waals surface area contributed by atoms with Crippen LogP contribution in [0.25, 0.3) is 33.3 Å². The van der Waals surface area contributed by atoms with Crippen molar-refractivity contribution in [1.82, 2.24) is 24.1 Å². The molecule has 0 N–H and O–H groups in total. The van der Waals surface area contributed by atoms with Crippen LogP contribution < -0.4 is 5.56 Å². The molecule has 0 bridgehead atoms. The molecule has 0 amide bonds. The third-order valence-electron chi connectivity index (χ3n) is 6.28. The summed E-state index contributed by atoms with van der Waals surface area (Å²) in [5.74, 6) is 1.20. The summed E-state index contributed by atoms with van der Waals surface area (Å²) >= 11 is 1.59. The quantitative estimate of drug-likeness (QED) is 0.324. The summed E-state index contributed by atoms with van der Waals surface area (Å²) in [5, 5.41) is 11.5. The third kappa shape index (κ3) is 3.20. The summed E-state index contributed by atoms with van der Waals surface area (Å²) in [6.07, 6.45) is 1.82. The Balaban J connectivity index is 1.55. The Kier molecular flexibility index (Phi) is 4.92. The van der Waals surface area contributed by atoms with E-state index in [-0.39, 0.29) is 5.56 Å². The Labute approximate surface area is 199 Å². The molecule has 0 saturated carbocycles. The average Bonchev–Trinajstić information content (AvgIpc) is 3.29. The second kappa shape index (κ2) is 8.11. The molecule has 3 heterocycles. The van der Waals surface area contributed by atoms with E-state index in [1.807, 2.05) is 73.0 Å². The molecule has 0 aliphatic carbocycles. The zero-order valence-electron chi connectivity index (χ0n) is 18.8. The van der Waals surface area contributed by atoms with E-state index in [1.54, 1.807) is 16.3 Å². The van der Waals surface area contributed by atoms with E-state index >= 15 is 0 Å². The van der Waals surface area contributed by atoms with Crippen molar-refractivity contribution in [3.63, 3.8) is 0 Å². The van der Waals surface area contributed by atoms with Crippen LogP contribution in [0.1, 0.15) is 16.7 Å². The van der Waals surface area contributed by atoms with E-state index in [1.165, 1.54) is 0 Å². The van der Waals surface area contributed by atoms with Gasteiger partial charge in [-0.15, -0.1) is 10.2 Å². The molecule has 0 aliphatic heterocycles. The minimum atomic E-state index is -0.0981. The highest BCUT2D eigenvalue weighted by atomic mass is 32.2. The first kappa shape index (κ1) is 20.6. The van der Waals surface area contributed by atoms with Gasteiger partial charge in [0.2, 0.25) is 5.78 Å². The second-order valence-electron chi connectivity index (χ2n) is 8.28. The number of pyridine rings is 1. The van der Waals surface area contributed by atoms with E-state index in [2.05, 4.69) is 39.4 Å². The van der Waals surface area contributed by atoms with E-state index in [0.29, 0.717) is 16.9 Å². The molecule has 0 saturated heterocycles. The predicted molar refractivity (Wildman–Crippen MR) is 137 cm³/mol. The summed E-state index contributed by atoms with van der Waals surface area (Å²) in [6.45, 7) is 4.08. The number of aromatic nitrogens is 5. The Bertz CT molecular complexity index is 1760. The number of para-hydroxylation sites is 2. The molecule has 3 aromatic heterocycles. The summed E-state index contributed by atoms with van der Waals surface area (Å²) < 4.78 is 3.67. The number of benzene rings is 3.